The Morgan fingerprint density at radius 2 is 2.35 bits per heavy atom. The summed E-state index contributed by atoms with van der Waals surface area (Å²) in [4.78, 5) is 14.8. The zero-order valence-corrected chi connectivity index (χ0v) is 10.7. The smallest absolute Gasteiger partial charge is 0.337 e. The van der Waals surface area contributed by atoms with E-state index in [-0.39, 0.29) is 11.6 Å². The molecule has 94 valence electrons. The van der Waals surface area contributed by atoms with Crippen molar-refractivity contribution in [3.63, 3.8) is 0 Å². The van der Waals surface area contributed by atoms with Gasteiger partial charge in [0.25, 0.3) is 0 Å². The molecule has 0 saturated heterocycles. The Labute approximate surface area is 103 Å². The molecule has 0 aliphatic carbocycles. The minimum absolute atomic E-state index is 0.0567. The van der Waals surface area contributed by atoms with E-state index in [0.717, 1.165) is 6.42 Å². The standard InChI is InChI=1S/C11H16N2O3S/c1-8(4-6-17(2)16)13-10-7-12-5-3-9(10)11(14)15/h3,5,7-8,13H,4,6H2,1-2H3,(H,14,15). The molecule has 5 nitrogen and oxygen atoms in total. The molecule has 0 bridgehead atoms. The number of pyridine rings is 1. The fourth-order valence-corrected chi connectivity index (χ4v) is 2.06. The van der Waals surface area contributed by atoms with Gasteiger partial charge in [-0.1, -0.05) is 0 Å². The Hall–Kier alpha value is -1.43. The summed E-state index contributed by atoms with van der Waals surface area (Å²) in [5.74, 6) is -0.391. The number of aromatic carboxylic acids is 1. The van der Waals surface area contributed by atoms with E-state index in [1.54, 1.807) is 6.26 Å². The fraction of sp³-hybridized carbons (Fsp3) is 0.455. The van der Waals surface area contributed by atoms with Crippen molar-refractivity contribution >= 4 is 22.5 Å². The molecule has 0 aliphatic rings. The average Bonchev–Trinajstić information content (AvgIpc) is 2.27. The first kappa shape index (κ1) is 13.6. The highest BCUT2D eigenvalue weighted by Gasteiger charge is 2.11. The summed E-state index contributed by atoms with van der Waals surface area (Å²) in [7, 11) is -0.830. The number of anilines is 1. The number of carboxylic acid groups (broad SMARTS) is 1. The maximum atomic E-state index is 11.0. The largest absolute Gasteiger partial charge is 0.478 e. The Bertz CT molecular complexity index is 423. The number of carboxylic acids is 1. The van der Waals surface area contributed by atoms with Crippen LogP contribution in [-0.2, 0) is 10.8 Å². The van der Waals surface area contributed by atoms with Gasteiger partial charge in [-0.3, -0.25) is 9.19 Å². The summed E-state index contributed by atoms with van der Waals surface area (Å²) in [6.45, 7) is 1.92. The quantitative estimate of drug-likeness (QED) is 0.803. The first-order valence-electron chi connectivity index (χ1n) is 5.24. The summed E-state index contributed by atoms with van der Waals surface area (Å²) in [6, 6.07) is 1.51. The molecule has 0 saturated carbocycles. The van der Waals surface area contributed by atoms with Gasteiger partial charge in [-0.15, -0.1) is 0 Å². The summed E-state index contributed by atoms with van der Waals surface area (Å²) in [5.41, 5.74) is 0.693. The topological polar surface area (TPSA) is 79.3 Å². The molecule has 0 spiro atoms. The van der Waals surface area contributed by atoms with Crippen molar-refractivity contribution in [1.82, 2.24) is 4.98 Å². The van der Waals surface area contributed by atoms with Crippen molar-refractivity contribution in [2.24, 2.45) is 0 Å². The number of hydrogen-bond acceptors (Lipinski definition) is 4. The molecule has 1 rings (SSSR count). The molecule has 2 unspecified atom stereocenters. The van der Waals surface area contributed by atoms with E-state index in [1.807, 2.05) is 6.92 Å². The predicted molar refractivity (Wildman–Crippen MR) is 67.8 cm³/mol. The second-order valence-electron chi connectivity index (χ2n) is 3.84. The van der Waals surface area contributed by atoms with E-state index in [2.05, 4.69) is 10.3 Å². The maximum absolute atomic E-state index is 11.0. The first-order chi connectivity index (χ1) is 8.00. The lowest BCUT2D eigenvalue weighted by atomic mass is 10.2. The van der Waals surface area contributed by atoms with Crippen LogP contribution in [0.2, 0.25) is 0 Å². The molecule has 0 fully saturated rings. The van der Waals surface area contributed by atoms with Gasteiger partial charge in [0.1, 0.15) is 0 Å². The number of hydrogen-bond donors (Lipinski definition) is 2. The Balaban J connectivity index is 2.67. The normalized spacial score (nSPS) is 14.0. The number of carbonyl (C=O) groups is 1. The van der Waals surface area contributed by atoms with Crippen LogP contribution < -0.4 is 5.32 Å². The fourth-order valence-electron chi connectivity index (χ4n) is 1.38. The van der Waals surface area contributed by atoms with E-state index in [9.17, 15) is 9.00 Å². The van der Waals surface area contributed by atoms with Crippen LogP contribution in [0, 0.1) is 0 Å². The van der Waals surface area contributed by atoms with Crippen LogP contribution in [0.4, 0.5) is 5.69 Å². The number of rotatable bonds is 6. The van der Waals surface area contributed by atoms with E-state index < -0.39 is 16.8 Å². The highest BCUT2D eigenvalue weighted by molar-refractivity contribution is 7.84. The molecule has 6 heteroatoms. The molecule has 0 aliphatic heterocycles. The summed E-state index contributed by atoms with van der Waals surface area (Å²) >= 11 is 0. The van der Waals surface area contributed by atoms with Gasteiger partial charge in [0.15, 0.2) is 0 Å². The van der Waals surface area contributed by atoms with Crippen LogP contribution >= 0.6 is 0 Å². The number of aromatic nitrogens is 1. The van der Waals surface area contributed by atoms with Crippen LogP contribution in [0.5, 0.6) is 0 Å². The van der Waals surface area contributed by atoms with Crippen LogP contribution in [0.15, 0.2) is 18.5 Å². The second kappa shape index (κ2) is 6.34. The zero-order valence-electron chi connectivity index (χ0n) is 9.84. The van der Waals surface area contributed by atoms with Crippen molar-refractivity contribution < 1.29 is 14.1 Å². The van der Waals surface area contributed by atoms with Gasteiger partial charge in [-0.05, 0) is 19.4 Å². The van der Waals surface area contributed by atoms with Crippen LogP contribution in [-0.4, -0.2) is 38.3 Å². The Morgan fingerprint density at radius 3 is 2.94 bits per heavy atom. The van der Waals surface area contributed by atoms with Crippen molar-refractivity contribution in [2.45, 2.75) is 19.4 Å². The van der Waals surface area contributed by atoms with Crippen LogP contribution in [0.25, 0.3) is 0 Å². The van der Waals surface area contributed by atoms with Crippen molar-refractivity contribution in [3.8, 4) is 0 Å². The Morgan fingerprint density at radius 1 is 1.65 bits per heavy atom. The monoisotopic (exact) mass is 256 g/mol. The Kier molecular flexibility index (Phi) is 5.09. The minimum Gasteiger partial charge on any atom is -0.478 e. The van der Waals surface area contributed by atoms with E-state index >= 15 is 0 Å². The van der Waals surface area contributed by atoms with Gasteiger partial charge < -0.3 is 10.4 Å². The summed E-state index contributed by atoms with van der Waals surface area (Å²) < 4.78 is 11.0. The van der Waals surface area contributed by atoms with Gasteiger partial charge in [0.05, 0.1) is 17.4 Å². The lowest BCUT2D eigenvalue weighted by Crippen LogP contribution is -2.19. The zero-order chi connectivity index (χ0) is 12.8. The van der Waals surface area contributed by atoms with Gasteiger partial charge in [0, 0.05) is 35.0 Å². The minimum atomic E-state index is -0.985. The van der Waals surface area contributed by atoms with E-state index in [4.69, 9.17) is 5.11 Å². The predicted octanol–water partition coefficient (Wildman–Crippen LogP) is 1.35. The average molecular weight is 256 g/mol. The molecular formula is C11H16N2O3S. The number of nitrogens with zero attached hydrogens (tertiary/aromatic N) is 1. The third-order valence-corrected chi connectivity index (χ3v) is 3.10. The highest BCUT2D eigenvalue weighted by Crippen LogP contribution is 2.15. The summed E-state index contributed by atoms with van der Waals surface area (Å²) in [6.07, 6.45) is 5.31. The summed E-state index contributed by atoms with van der Waals surface area (Å²) in [5, 5.41) is 12.0. The molecular weight excluding hydrogens is 240 g/mol. The molecule has 1 aromatic heterocycles. The molecule has 1 heterocycles. The van der Waals surface area contributed by atoms with Crippen molar-refractivity contribution in [1.29, 1.82) is 0 Å². The SMILES string of the molecule is CC(CCS(C)=O)Nc1cnccc1C(=O)O. The lowest BCUT2D eigenvalue weighted by molar-refractivity contribution is 0.0698. The molecule has 1 aromatic rings. The van der Waals surface area contributed by atoms with Crippen molar-refractivity contribution in [2.75, 3.05) is 17.3 Å². The molecule has 2 N–H and O–H groups in total. The lowest BCUT2D eigenvalue weighted by Gasteiger charge is -2.15. The molecule has 17 heavy (non-hydrogen) atoms. The van der Waals surface area contributed by atoms with Crippen LogP contribution in [0.1, 0.15) is 23.7 Å². The van der Waals surface area contributed by atoms with E-state index in [0.29, 0.717) is 11.4 Å². The van der Waals surface area contributed by atoms with Gasteiger partial charge in [-0.25, -0.2) is 4.79 Å². The third kappa shape index (κ3) is 4.52. The van der Waals surface area contributed by atoms with Gasteiger partial charge in [0.2, 0.25) is 0 Å². The van der Waals surface area contributed by atoms with Gasteiger partial charge in [-0.2, -0.15) is 0 Å². The maximum Gasteiger partial charge on any atom is 0.337 e. The van der Waals surface area contributed by atoms with Crippen molar-refractivity contribution in [3.05, 3.63) is 24.0 Å². The molecule has 0 aromatic carbocycles. The van der Waals surface area contributed by atoms with Crippen LogP contribution in [0.3, 0.4) is 0 Å². The first-order valence-corrected chi connectivity index (χ1v) is 6.97. The van der Waals surface area contributed by atoms with Gasteiger partial charge >= 0.3 is 5.97 Å². The molecule has 2 atom stereocenters. The third-order valence-electron chi connectivity index (χ3n) is 2.29. The number of nitrogens with one attached hydrogen (secondary N) is 1. The molecule has 0 radical (unpaired) electrons. The highest BCUT2D eigenvalue weighted by atomic mass is 32.2. The van der Waals surface area contributed by atoms with E-state index in [1.165, 1.54) is 18.5 Å². The molecule has 0 amide bonds. The second-order valence-corrected chi connectivity index (χ2v) is 5.39.